The third-order valence-electron chi connectivity index (χ3n) is 2.17. The zero-order valence-corrected chi connectivity index (χ0v) is 10.8. The number of benzene rings is 1. The summed E-state index contributed by atoms with van der Waals surface area (Å²) < 4.78 is 4.94. The molecule has 1 amide bonds. The molecule has 0 aromatic heterocycles. The summed E-state index contributed by atoms with van der Waals surface area (Å²) in [4.78, 5) is 22.7. The topological polar surface area (TPSA) is 81.4 Å². The molecule has 98 valence electrons. The molecule has 0 spiro atoms. The predicted molar refractivity (Wildman–Crippen MR) is 69.4 cm³/mol. The highest BCUT2D eigenvalue weighted by Gasteiger charge is 2.09. The number of amides is 1. The van der Waals surface area contributed by atoms with E-state index in [1.165, 1.54) is 18.2 Å². The van der Waals surface area contributed by atoms with Crippen molar-refractivity contribution in [3.63, 3.8) is 0 Å². The molecule has 0 fully saturated rings. The van der Waals surface area contributed by atoms with E-state index in [9.17, 15) is 9.59 Å². The number of anilines is 1. The number of carbonyl (C=O) groups is 2. The molecule has 0 radical (unpaired) electrons. The Morgan fingerprint density at radius 2 is 2.17 bits per heavy atom. The van der Waals surface area contributed by atoms with Gasteiger partial charge >= 0.3 is 5.97 Å². The van der Waals surface area contributed by atoms with Gasteiger partial charge in [-0.1, -0.05) is 11.6 Å². The van der Waals surface area contributed by atoms with Gasteiger partial charge in [0.15, 0.2) is 0 Å². The largest absolute Gasteiger partial charge is 0.462 e. The Hall–Kier alpha value is -1.75. The predicted octanol–water partition coefficient (Wildman–Crippen LogP) is 1.61. The second-order valence-electron chi connectivity index (χ2n) is 3.58. The van der Waals surface area contributed by atoms with Crippen molar-refractivity contribution in [2.24, 2.45) is 0 Å². The molecule has 0 unspecified atom stereocenters. The molecule has 3 N–H and O–H groups in total. The van der Waals surface area contributed by atoms with Crippen molar-refractivity contribution in [1.82, 2.24) is 5.32 Å². The summed E-state index contributed by atoms with van der Waals surface area (Å²) >= 11 is 5.79. The minimum atomic E-state index is -0.527. The number of rotatable bonds is 5. The van der Waals surface area contributed by atoms with E-state index in [2.05, 4.69) is 5.32 Å². The van der Waals surface area contributed by atoms with E-state index in [1.54, 1.807) is 0 Å². The minimum absolute atomic E-state index is 0.0344. The second kappa shape index (κ2) is 6.86. The number of hydrogen-bond acceptors (Lipinski definition) is 4. The number of halogens is 1. The van der Waals surface area contributed by atoms with Crippen molar-refractivity contribution in [3.05, 3.63) is 28.8 Å². The Morgan fingerprint density at radius 1 is 1.44 bits per heavy atom. The van der Waals surface area contributed by atoms with Crippen molar-refractivity contribution < 1.29 is 14.3 Å². The molecule has 0 aliphatic rings. The van der Waals surface area contributed by atoms with Gasteiger partial charge in [-0.3, -0.25) is 4.79 Å². The van der Waals surface area contributed by atoms with Crippen molar-refractivity contribution in [1.29, 1.82) is 0 Å². The summed E-state index contributed by atoms with van der Waals surface area (Å²) in [6.45, 7) is 2.41. The van der Waals surface area contributed by atoms with Crippen LogP contribution in [-0.4, -0.2) is 25.0 Å². The lowest BCUT2D eigenvalue weighted by Crippen LogP contribution is -2.24. The van der Waals surface area contributed by atoms with E-state index in [4.69, 9.17) is 22.1 Å². The van der Waals surface area contributed by atoms with Crippen molar-refractivity contribution in [3.8, 4) is 0 Å². The summed E-state index contributed by atoms with van der Waals surface area (Å²) in [5.74, 6) is -0.679. The summed E-state index contributed by atoms with van der Waals surface area (Å²) in [5.41, 5.74) is 6.23. The fourth-order valence-corrected chi connectivity index (χ4v) is 1.44. The lowest BCUT2D eigenvalue weighted by atomic mass is 10.2. The van der Waals surface area contributed by atoms with Crippen molar-refractivity contribution >= 4 is 29.2 Å². The zero-order chi connectivity index (χ0) is 13.5. The molecule has 1 aromatic carbocycles. The molecule has 0 bridgehead atoms. The molecule has 0 atom stereocenters. The number of nitrogens with two attached hydrogens (primary N) is 1. The van der Waals surface area contributed by atoms with Gasteiger partial charge in [-0.2, -0.15) is 0 Å². The van der Waals surface area contributed by atoms with Crippen LogP contribution in [0.3, 0.4) is 0 Å². The fourth-order valence-electron chi connectivity index (χ4n) is 1.26. The first-order valence-corrected chi connectivity index (χ1v) is 5.91. The number of carbonyl (C=O) groups excluding carboxylic acids is 2. The first-order valence-electron chi connectivity index (χ1n) is 5.53. The molecule has 6 heteroatoms. The van der Waals surface area contributed by atoms with Gasteiger partial charge in [-0.25, -0.2) is 4.79 Å². The standard InChI is InChI=1S/C12H15ClN2O3/c1-2-15-11(16)5-6-18-12(17)8-3-4-10(14)9(13)7-8/h3-4,7H,2,5-6,14H2,1H3,(H,15,16). The number of nitrogens with one attached hydrogen (secondary N) is 1. The molecule has 0 saturated carbocycles. The SMILES string of the molecule is CCNC(=O)CCOC(=O)c1ccc(N)c(Cl)c1. The zero-order valence-electron chi connectivity index (χ0n) is 10.0. The lowest BCUT2D eigenvalue weighted by Gasteiger charge is -2.06. The van der Waals surface area contributed by atoms with E-state index >= 15 is 0 Å². The van der Waals surface area contributed by atoms with Gasteiger partial charge in [0.1, 0.15) is 6.61 Å². The highest BCUT2D eigenvalue weighted by atomic mass is 35.5. The molecule has 0 saturated heterocycles. The lowest BCUT2D eigenvalue weighted by molar-refractivity contribution is -0.121. The van der Waals surface area contributed by atoms with Crippen LogP contribution in [0.5, 0.6) is 0 Å². The number of nitrogen functional groups attached to an aromatic ring is 1. The first-order chi connectivity index (χ1) is 8.54. The van der Waals surface area contributed by atoms with Crippen LogP contribution in [0, 0.1) is 0 Å². The van der Waals surface area contributed by atoms with E-state index in [-0.39, 0.29) is 18.9 Å². The maximum absolute atomic E-state index is 11.6. The third kappa shape index (κ3) is 4.25. The van der Waals surface area contributed by atoms with E-state index in [0.717, 1.165) is 0 Å². The van der Waals surface area contributed by atoms with Gasteiger partial charge in [0, 0.05) is 6.54 Å². The fraction of sp³-hybridized carbons (Fsp3) is 0.333. The van der Waals surface area contributed by atoms with Crippen LogP contribution in [0.1, 0.15) is 23.7 Å². The van der Waals surface area contributed by atoms with Crippen LogP contribution in [-0.2, 0) is 9.53 Å². The molecule has 18 heavy (non-hydrogen) atoms. The van der Waals surface area contributed by atoms with Gasteiger partial charge in [0.05, 0.1) is 22.7 Å². The summed E-state index contributed by atoms with van der Waals surface area (Å²) in [6, 6.07) is 4.49. The third-order valence-corrected chi connectivity index (χ3v) is 2.50. The Morgan fingerprint density at radius 3 is 2.78 bits per heavy atom. The first kappa shape index (κ1) is 14.3. The van der Waals surface area contributed by atoms with Crippen LogP contribution >= 0.6 is 11.6 Å². The van der Waals surface area contributed by atoms with Gasteiger partial charge in [0.2, 0.25) is 5.91 Å². The van der Waals surface area contributed by atoms with Crippen LogP contribution in [0.15, 0.2) is 18.2 Å². The number of esters is 1. The molecule has 1 aromatic rings. The molecular formula is C12H15ClN2O3. The Bertz CT molecular complexity index is 449. The summed E-state index contributed by atoms with van der Waals surface area (Å²) in [5, 5.41) is 2.91. The van der Waals surface area contributed by atoms with Crippen LogP contribution in [0.2, 0.25) is 5.02 Å². The van der Waals surface area contributed by atoms with Gasteiger partial charge in [-0.05, 0) is 25.1 Å². The van der Waals surface area contributed by atoms with Crippen molar-refractivity contribution in [2.75, 3.05) is 18.9 Å². The molecular weight excluding hydrogens is 256 g/mol. The van der Waals surface area contributed by atoms with E-state index in [0.29, 0.717) is 22.8 Å². The summed E-state index contributed by atoms with van der Waals surface area (Å²) in [6.07, 6.45) is 0.141. The maximum atomic E-state index is 11.6. The average molecular weight is 271 g/mol. The molecule has 0 aliphatic carbocycles. The molecule has 1 rings (SSSR count). The Labute approximate surface area is 110 Å². The molecule has 0 heterocycles. The van der Waals surface area contributed by atoms with Gasteiger partial charge < -0.3 is 15.8 Å². The Balaban J connectivity index is 2.45. The van der Waals surface area contributed by atoms with E-state index < -0.39 is 5.97 Å². The smallest absolute Gasteiger partial charge is 0.338 e. The van der Waals surface area contributed by atoms with Gasteiger partial charge in [-0.15, -0.1) is 0 Å². The van der Waals surface area contributed by atoms with Crippen LogP contribution in [0.25, 0.3) is 0 Å². The van der Waals surface area contributed by atoms with Crippen molar-refractivity contribution in [2.45, 2.75) is 13.3 Å². The van der Waals surface area contributed by atoms with Crippen LogP contribution in [0.4, 0.5) is 5.69 Å². The number of hydrogen-bond donors (Lipinski definition) is 2. The van der Waals surface area contributed by atoms with Crippen LogP contribution < -0.4 is 11.1 Å². The minimum Gasteiger partial charge on any atom is -0.462 e. The number of ether oxygens (including phenoxy) is 1. The normalized spacial score (nSPS) is 9.89. The Kier molecular flexibility index (Phi) is 5.45. The second-order valence-corrected chi connectivity index (χ2v) is 3.98. The monoisotopic (exact) mass is 270 g/mol. The maximum Gasteiger partial charge on any atom is 0.338 e. The molecule has 5 nitrogen and oxygen atoms in total. The highest BCUT2D eigenvalue weighted by molar-refractivity contribution is 6.33. The van der Waals surface area contributed by atoms with E-state index in [1.807, 2.05) is 6.92 Å². The summed E-state index contributed by atoms with van der Waals surface area (Å²) in [7, 11) is 0. The average Bonchev–Trinajstić information content (AvgIpc) is 2.33. The molecule has 0 aliphatic heterocycles. The quantitative estimate of drug-likeness (QED) is 0.629. The van der Waals surface area contributed by atoms with Gasteiger partial charge in [0.25, 0.3) is 0 Å². The highest BCUT2D eigenvalue weighted by Crippen LogP contribution is 2.20.